The summed E-state index contributed by atoms with van der Waals surface area (Å²) in [5.41, 5.74) is 5.65. The lowest BCUT2D eigenvalue weighted by molar-refractivity contribution is -0.127. The van der Waals surface area contributed by atoms with Crippen molar-refractivity contribution >= 4 is 5.91 Å². The Hall–Kier alpha value is -0.570. The summed E-state index contributed by atoms with van der Waals surface area (Å²) < 4.78 is 0. The van der Waals surface area contributed by atoms with Crippen LogP contribution in [0, 0.1) is 11.8 Å². The van der Waals surface area contributed by atoms with E-state index < -0.39 is 0 Å². The van der Waals surface area contributed by atoms with Crippen molar-refractivity contribution in [3.8, 4) is 0 Å². The molecule has 1 rings (SSSR count). The van der Waals surface area contributed by atoms with Crippen molar-refractivity contribution in [2.24, 2.45) is 17.6 Å². The van der Waals surface area contributed by atoms with E-state index in [1.807, 2.05) is 0 Å². The molecular formula is C16H32N2O. The van der Waals surface area contributed by atoms with Crippen LogP contribution >= 0.6 is 0 Å². The third-order valence-corrected chi connectivity index (χ3v) is 4.99. The molecule has 0 heterocycles. The van der Waals surface area contributed by atoms with Crippen LogP contribution in [-0.4, -0.2) is 18.0 Å². The molecule has 0 aliphatic heterocycles. The second-order valence-corrected chi connectivity index (χ2v) is 6.32. The summed E-state index contributed by atoms with van der Waals surface area (Å²) in [6.45, 7) is 6.79. The molecule has 0 saturated heterocycles. The molecule has 0 radical (unpaired) electrons. The van der Waals surface area contributed by atoms with Gasteiger partial charge in [0.05, 0.1) is 5.54 Å². The average molecular weight is 268 g/mol. The Balaban J connectivity index is 2.46. The van der Waals surface area contributed by atoms with Gasteiger partial charge in [0.25, 0.3) is 0 Å². The zero-order valence-electron chi connectivity index (χ0n) is 13.0. The molecule has 3 heteroatoms. The molecule has 19 heavy (non-hydrogen) atoms. The van der Waals surface area contributed by atoms with Crippen LogP contribution in [0.25, 0.3) is 0 Å². The highest BCUT2D eigenvalue weighted by Crippen LogP contribution is 2.29. The van der Waals surface area contributed by atoms with E-state index >= 15 is 0 Å². The lowest BCUT2D eigenvalue weighted by Gasteiger charge is -2.33. The molecule has 1 amide bonds. The number of hydrogen-bond acceptors (Lipinski definition) is 2. The Morgan fingerprint density at radius 1 is 1.26 bits per heavy atom. The highest BCUT2D eigenvalue weighted by Gasteiger charge is 2.29. The van der Waals surface area contributed by atoms with Crippen molar-refractivity contribution in [3.63, 3.8) is 0 Å². The summed E-state index contributed by atoms with van der Waals surface area (Å²) in [6.07, 6.45) is 9.52. The standard InChI is InChI=1S/C16H32N2O/c1-4-16(5-2,12-17)18-15(19)13(3)11-14-9-7-6-8-10-14/h13-14H,4-12,17H2,1-3H3,(H,18,19). The maximum absolute atomic E-state index is 12.3. The Bertz CT molecular complexity index is 260. The zero-order chi connectivity index (χ0) is 14.3. The number of carbonyl (C=O) groups is 1. The van der Waals surface area contributed by atoms with E-state index in [2.05, 4.69) is 26.1 Å². The molecule has 0 aromatic heterocycles. The maximum atomic E-state index is 12.3. The lowest BCUT2D eigenvalue weighted by Crippen LogP contribution is -2.54. The van der Waals surface area contributed by atoms with E-state index in [1.54, 1.807) is 0 Å². The van der Waals surface area contributed by atoms with Gasteiger partial charge in [-0.05, 0) is 25.2 Å². The first-order valence-corrected chi connectivity index (χ1v) is 8.09. The van der Waals surface area contributed by atoms with Crippen molar-refractivity contribution in [2.75, 3.05) is 6.54 Å². The van der Waals surface area contributed by atoms with Crippen molar-refractivity contribution < 1.29 is 4.79 Å². The van der Waals surface area contributed by atoms with Crippen molar-refractivity contribution in [1.82, 2.24) is 5.32 Å². The van der Waals surface area contributed by atoms with Gasteiger partial charge in [-0.25, -0.2) is 0 Å². The molecule has 0 spiro atoms. The number of nitrogens with one attached hydrogen (secondary N) is 1. The van der Waals surface area contributed by atoms with Crippen molar-refractivity contribution in [2.45, 2.75) is 77.7 Å². The van der Waals surface area contributed by atoms with Crippen LogP contribution in [0.15, 0.2) is 0 Å². The Kier molecular flexibility index (Phi) is 6.84. The molecule has 3 N–H and O–H groups in total. The minimum Gasteiger partial charge on any atom is -0.349 e. The Labute approximate surface area is 118 Å². The molecule has 3 nitrogen and oxygen atoms in total. The van der Waals surface area contributed by atoms with Gasteiger partial charge in [0.15, 0.2) is 0 Å². The predicted molar refractivity (Wildman–Crippen MR) is 80.9 cm³/mol. The molecule has 1 fully saturated rings. The largest absolute Gasteiger partial charge is 0.349 e. The van der Waals surface area contributed by atoms with Crippen LogP contribution in [0.3, 0.4) is 0 Å². The first-order valence-electron chi connectivity index (χ1n) is 8.09. The topological polar surface area (TPSA) is 55.1 Å². The first kappa shape index (κ1) is 16.5. The Morgan fingerprint density at radius 3 is 2.32 bits per heavy atom. The highest BCUT2D eigenvalue weighted by atomic mass is 16.2. The quantitative estimate of drug-likeness (QED) is 0.745. The SMILES string of the molecule is CCC(CC)(CN)NC(=O)C(C)CC1CCCCC1. The van der Waals surface area contributed by atoms with Crippen LogP contribution in [-0.2, 0) is 4.79 Å². The fourth-order valence-corrected chi connectivity index (χ4v) is 3.18. The van der Waals surface area contributed by atoms with Gasteiger partial charge in [-0.15, -0.1) is 0 Å². The van der Waals surface area contributed by atoms with E-state index in [9.17, 15) is 4.79 Å². The van der Waals surface area contributed by atoms with Gasteiger partial charge in [0, 0.05) is 12.5 Å². The number of nitrogens with two attached hydrogens (primary N) is 1. The number of carbonyl (C=O) groups excluding carboxylic acids is 1. The summed E-state index contributed by atoms with van der Waals surface area (Å²) in [5, 5.41) is 3.20. The predicted octanol–water partition coefficient (Wildman–Crippen LogP) is 3.23. The van der Waals surface area contributed by atoms with Gasteiger partial charge in [0.1, 0.15) is 0 Å². The van der Waals surface area contributed by atoms with Gasteiger partial charge >= 0.3 is 0 Å². The van der Waals surface area contributed by atoms with Gasteiger partial charge in [-0.2, -0.15) is 0 Å². The van der Waals surface area contributed by atoms with E-state index in [0.717, 1.165) is 25.2 Å². The third kappa shape index (κ3) is 4.79. The van der Waals surface area contributed by atoms with E-state index in [-0.39, 0.29) is 17.4 Å². The molecule has 1 aliphatic rings. The van der Waals surface area contributed by atoms with E-state index in [1.165, 1.54) is 32.1 Å². The van der Waals surface area contributed by atoms with E-state index in [4.69, 9.17) is 5.73 Å². The molecule has 1 aliphatic carbocycles. The number of amides is 1. The molecule has 0 aromatic rings. The average Bonchev–Trinajstić information content (AvgIpc) is 2.45. The second kappa shape index (κ2) is 7.88. The smallest absolute Gasteiger partial charge is 0.223 e. The molecule has 0 aromatic carbocycles. The molecule has 0 bridgehead atoms. The molecule has 112 valence electrons. The van der Waals surface area contributed by atoms with Crippen molar-refractivity contribution in [1.29, 1.82) is 0 Å². The van der Waals surface area contributed by atoms with Crippen LogP contribution in [0.5, 0.6) is 0 Å². The fourth-order valence-electron chi connectivity index (χ4n) is 3.18. The van der Waals surface area contributed by atoms with Crippen LogP contribution in [0.2, 0.25) is 0 Å². The fraction of sp³-hybridized carbons (Fsp3) is 0.938. The monoisotopic (exact) mass is 268 g/mol. The second-order valence-electron chi connectivity index (χ2n) is 6.32. The first-order chi connectivity index (χ1) is 9.06. The summed E-state index contributed by atoms with van der Waals surface area (Å²) >= 11 is 0. The zero-order valence-corrected chi connectivity index (χ0v) is 13.0. The molecular weight excluding hydrogens is 236 g/mol. The summed E-state index contributed by atoms with van der Waals surface area (Å²) in [6, 6.07) is 0. The Morgan fingerprint density at radius 2 is 1.84 bits per heavy atom. The summed E-state index contributed by atoms with van der Waals surface area (Å²) in [5.74, 6) is 1.07. The van der Waals surface area contributed by atoms with Crippen LogP contribution < -0.4 is 11.1 Å². The van der Waals surface area contributed by atoms with Gasteiger partial charge < -0.3 is 11.1 Å². The minimum atomic E-state index is -0.197. The number of hydrogen-bond donors (Lipinski definition) is 2. The van der Waals surface area contributed by atoms with Crippen LogP contribution in [0.4, 0.5) is 0 Å². The third-order valence-electron chi connectivity index (χ3n) is 4.99. The minimum absolute atomic E-state index is 0.118. The van der Waals surface area contributed by atoms with Crippen molar-refractivity contribution in [3.05, 3.63) is 0 Å². The summed E-state index contributed by atoms with van der Waals surface area (Å²) in [7, 11) is 0. The van der Waals surface area contributed by atoms with Crippen LogP contribution in [0.1, 0.15) is 72.1 Å². The summed E-state index contributed by atoms with van der Waals surface area (Å²) in [4.78, 5) is 12.3. The maximum Gasteiger partial charge on any atom is 0.223 e. The molecule has 1 unspecified atom stereocenters. The van der Waals surface area contributed by atoms with Gasteiger partial charge in [-0.3, -0.25) is 4.79 Å². The normalized spacial score (nSPS) is 19.2. The van der Waals surface area contributed by atoms with Gasteiger partial charge in [0.2, 0.25) is 5.91 Å². The van der Waals surface area contributed by atoms with E-state index in [0.29, 0.717) is 6.54 Å². The van der Waals surface area contributed by atoms with Gasteiger partial charge in [-0.1, -0.05) is 52.9 Å². The molecule has 1 atom stereocenters. The number of rotatable bonds is 7. The highest BCUT2D eigenvalue weighted by molar-refractivity contribution is 5.79. The molecule has 1 saturated carbocycles. The lowest BCUT2D eigenvalue weighted by atomic mass is 9.82.